The first-order chi connectivity index (χ1) is 12.7. The Balaban J connectivity index is 0.00000364. The summed E-state index contributed by atoms with van der Waals surface area (Å²) in [6.45, 7) is 7.95. The van der Waals surface area contributed by atoms with E-state index < -0.39 is 0 Å². The van der Waals surface area contributed by atoms with Crippen LogP contribution in [0.15, 0.2) is 34.2 Å². The van der Waals surface area contributed by atoms with Gasteiger partial charge in [-0.1, -0.05) is 11.6 Å². The predicted molar refractivity (Wildman–Crippen MR) is 126 cm³/mol. The van der Waals surface area contributed by atoms with Crippen molar-refractivity contribution in [3.63, 3.8) is 0 Å². The Morgan fingerprint density at radius 1 is 1.33 bits per heavy atom. The molecule has 0 aromatic heterocycles. The summed E-state index contributed by atoms with van der Waals surface area (Å²) >= 11 is 7.73. The van der Waals surface area contributed by atoms with Gasteiger partial charge in [0.2, 0.25) is 0 Å². The van der Waals surface area contributed by atoms with Gasteiger partial charge in [-0.25, -0.2) is 0 Å². The molecule has 0 saturated carbocycles. The van der Waals surface area contributed by atoms with Crippen LogP contribution in [0, 0.1) is 5.92 Å². The van der Waals surface area contributed by atoms with Crippen molar-refractivity contribution >= 4 is 53.3 Å². The topological polar surface area (TPSA) is 46.1 Å². The number of hydrogen-bond acceptors (Lipinski definition) is 4. The highest BCUT2D eigenvalue weighted by Gasteiger charge is 2.24. The minimum Gasteiger partial charge on any atom is -0.382 e. The van der Waals surface area contributed by atoms with Crippen molar-refractivity contribution in [2.75, 3.05) is 58.9 Å². The van der Waals surface area contributed by atoms with Crippen LogP contribution in [0.1, 0.15) is 13.3 Å². The molecule has 27 heavy (non-hydrogen) atoms. The molecule has 0 radical (unpaired) electrons. The molecule has 1 aliphatic rings. The van der Waals surface area contributed by atoms with Crippen LogP contribution in [0.2, 0.25) is 5.02 Å². The van der Waals surface area contributed by atoms with E-state index in [1.165, 1.54) is 4.90 Å². The van der Waals surface area contributed by atoms with Gasteiger partial charge in [0.15, 0.2) is 5.96 Å². The second kappa shape index (κ2) is 14.7. The molecule has 2 rings (SSSR count). The van der Waals surface area contributed by atoms with Crippen LogP contribution in [-0.4, -0.2) is 69.7 Å². The van der Waals surface area contributed by atoms with Crippen LogP contribution < -0.4 is 5.32 Å². The largest absolute Gasteiger partial charge is 0.382 e. The molecule has 0 bridgehead atoms. The number of guanidine groups is 1. The van der Waals surface area contributed by atoms with E-state index in [-0.39, 0.29) is 24.0 Å². The third-order valence-corrected chi connectivity index (χ3v) is 5.39. The normalized spacial score (nSPS) is 17.1. The smallest absolute Gasteiger partial charge is 0.193 e. The monoisotopic (exact) mass is 527 g/mol. The fourth-order valence-electron chi connectivity index (χ4n) is 2.83. The van der Waals surface area contributed by atoms with E-state index in [4.69, 9.17) is 26.1 Å². The third-order valence-electron chi connectivity index (χ3n) is 4.14. The molecule has 154 valence electrons. The molecule has 1 fully saturated rings. The lowest BCUT2D eigenvalue weighted by atomic mass is 10.1. The molecule has 0 spiro atoms. The third kappa shape index (κ3) is 9.69. The quantitative estimate of drug-likeness (QED) is 0.164. The summed E-state index contributed by atoms with van der Waals surface area (Å²) in [4.78, 5) is 8.37. The molecule has 1 N–H and O–H groups in total. The van der Waals surface area contributed by atoms with Crippen LogP contribution in [0.5, 0.6) is 0 Å². The fraction of sp³-hybridized carbons (Fsp3) is 0.632. The summed E-state index contributed by atoms with van der Waals surface area (Å²) in [5, 5.41) is 4.19. The van der Waals surface area contributed by atoms with Crippen LogP contribution >= 0.6 is 47.3 Å². The fourth-order valence-corrected chi connectivity index (χ4v) is 3.70. The predicted octanol–water partition coefficient (Wildman–Crippen LogP) is 4.00. The van der Waals surface area contributed by atoms with Crippen molar-refractivity contribution in [2.24, 2.45) is 10.9 Å². The van der Waals surface area contributed by atoms with Gasteiger partial charge in [-0.2, -0.15) is 0 Å². The number of ether oxygens (including phenoxy) is 2. The lowest BCUT2D eigenvalue weighted by Crippen LogP contribution is -2.40. The molecule has 8 heteroatoms. The zero-order valence-corrected chi connectivity index (χ0v) is 20.1. The number of benzene rings is 1. The minimum absolute atomic E-state index is 0. The lowest BCUT2D eigenvalue weighted by Gasteiger charge is -2.21. The van der Waals surface area contributed by atoms with Gasteiger partial charge in [0.05, 0.1) is 26.4 Å². The first-order valence-corrected chi connectivity index (χ1v) is 10.6. The first kappa shape index (κ1) is 24.8. The van der Waals surface area contributed by atoms with Gasteiger partial charge in [-0.15, -0.1) is 35.7 Å². The Hall–Kier alpha value is -0.220. The van der Waals surface area contributed by atoms with Gasteiger partial charge in [-0.05, 0) is 37.6 Å². The number of nitrogens with one attached hydrogen (secondary N) is 1. The maximum Gasteiger partial charge on any atom is 0.193 e. The van der Waals surface area contributed by atoms with Crippen molar-refractivity contribution in [1.29, 1.82) is 0 Å². The maximum absolute atomic E-state index is 5.92. The average molecular weight is 528 g/mol. The Bertz CT molecular complexity index is 548. The SMILES string of the molecule is CCNC(=NCCSc1ccc(Cl)cc1)N1CCC(COCCOC)C1.I. The van der Waals surface area contributed by atoms with Crippen LogP contribution in [0.3, 0.4) is 0 Å². The summed E-state index contributed by atoms with van der Waals surface area (Å²) < 4.78 is 10.7. The number of aliphatic imine (C=N–C) groups is 1. The van der Waals surface area contributed by atoms with Crippen molar-refractivity contribution in [2.45, 2.75) is 18.2 Å². The maximum atomic E-state index is 5.92. The van der Waals surface area contributed by atoms with E-state index >= 15 is 0 Å². The average Bonchev–Trinajstić information content (AvgIpc) is 3.12. The molecule has 1 atom stereocenters. The number of rotatable bonds is 10. The highest BCUT2D eigenvalue weighted by Crippen LogP contribution is 2.20. The number of hydrogen-bond donors (Lipinski definition) is 1. The Morgan fingerprint density at radius 3 is 2.81 bits per heavy atom. The number of likely N-dealkylation sites (tertiary alicyclic amines) is 1. The second-order valence-corrected chi connectivity index (χ2v) is 7.81. The summed E-state index contributed by atoms with van der Waals surface area (Å²) in [7, 11) is 1.70. The van der Waals surface area contributed by atoms with Crippen molar-refractivity contribution in [1.82, 2.24) is 10.2 Å². The van der Waals surface area contributed by atoms with Gasteiger partial charge < -0.3 is 19.7 Å². The number of thioether (sulfide) groups is 1. The molecule has 1 aromatic rings. The summed E-state index contributed by atoms with van der Waals surface area (Å²) in [5.74, 6) is 2.54. The molecule has 5 nitrogen and oxygen atoms in total. The van der Waals surface area contributed by atoms with Crippen molar-refractivity contribution in [3.8, 4) is 0 Å². The van der Waals surface area contributed by atoms with E-state index in [0.29, 0.717) is 19.1 Å². The molecule has 1 saturated heterocycles. The second-order valence-electron chi connectivity index (χ2n) is 6.21. The van der Waals surface area contributed by atoms with Gasteiger partial charge in [-0.3, -0.25) is 4.99 Å². The van der Waals surface area contributed by atoms with Crippen LogP contribution in [-0.2, 0) is 9.47 Å². The Kier molecular flexibility index (Phi) is 13.5. The zero-order chi connectivity index (χ0) is 18.6. The van der Waals surface area contributed by atoms with E-state index in [1.807, 2.05) is 12.1 Å². The number of methoxy groups -OCH3 is 1. The molecule has 1 unspecified atom stereocenters. The van der Waals surface area contributed by atoms with E-state index in [1.54, 1.807) is 18.9 Å². The summed E-state index contributed by atoms with van der Waals surface area (Å²) in [6, 6.07) is 7.96. The highest BCUT2D eigenvalue weighted by atomic mass is 127. The van der Waals surface area contributed by atoms with E-state index in [2.05, 4.69) is 29.3 Å². The van der Waals surface area contributed by atoms with Crippen molar-refractivity contribution < 1.29 is 9.47 Å². The number of halogens is 2. The number of nitrogens with zero attached hydrogens (tertiary/aromatic N) is 2. The molecular formula is C19H31ClIN3O2S. The van der Waals surface area contributed by atoms with Crippen LogP contribution in [0.4, 0.5) is 0 Å². The lowest BCUT2D eigenvalue weighted by molar-refractivity contribution is 0.0536. The molecular weight excluding hydrogens is 497 g/mol. The molecule has 1 heterocycles. The molecule has 1 aromatic carbocycles. The highest BCUT2D eigenvalue weighted by molar-refractivity contribution is 14.0. The summed E-state index contributed by atoms with van der Waals surface area (Å²) in [6.07, 6.45) is 1.15. The van der Waals surface area contributed by atoms with Gasteiger partial charge in [0.1, 0.15) is 0 Å². The Morgan fingerprint density at radius 2 is 2.11 bits per heavy atom. The first-order valence-electron chi connectivity index (χ1n) is 9.21. The standard InChI is InChI=1S/C19H30ClN3O2S.HI/c1-3-21-19(22-9-13-26-18-6-4-17(20)5-7-18)23-10-8-16(14-23)15-25-12-11-24-2;/h4-7,16H,3,8-15H2,1-2H3,(H,21,22);1H. The van der Waals surface area contributed by atoms with Crippen LogP contribution in [0.25, 0.3) is 0 Å². The zero-order valence-electron chi connectivity index (χ0n) is 16.2. The van der Waals surface area contributed by atoms with E-state index in [9.17, 15) is 0 Å². The molecule has 1 aliphatic heterocycles. The molecule has 0 aliphatic carbocycles. The van der Waals surface area contributed by atoms with Gasteiger partial charge >= 0.3 is 0 Å². The minimum atomic E-state index is 0. The van der Waals surface area contributed by atoms with E-state index in [0.717, 1.165) is 55.9 Å². The van der Waals surface area contributed by atoms with Crippen molar-refractivity contribution in [3.05, 3.63) is 29.3 Å². The van der Waals surface area contributed by atoms with Gasteiger partial charge in [0, 0.05) is 48.3 Å². The molecule has 0 amide bonds. The summed E-state index contributed by atoms with van der Waals surface area (Å²) in [5.41, 5.74) is 0. The Labute approximate surface area is 189 Å². The van der Waals surface area contributed by atoms with Gasteiger partial charge in [0.25, 0.3) is 0 Å².